The lowest BCUT2D eigenvalue weighted by Crippen LogP contribution is -2.59. The molecule has 0 bridgehead atoms. The molecule has 0 saturated carbocycles. The van der Waals surface area contributed by atoms with Gasteiger partial charge in [-0.3, -0.25) is 14.3 Å². The van der Waals surface area contributed by atoms with Gasteiger partial charge in [0.1, 0.15) is 17.8 Å². The van der Waals surface area contributed by atoms with Crippen molar-refractivity contribution in [2.45, 2.75) is 108 Å². The minimum absolute atomic E-state index is 0.265. The monoisotopic (exact) mass is 643 g/mol. The van der Waals surface area contributed by atoms with E-state index in [-0.39, 0.29) is 17.3 Å². The molecule has 0 radical (unpaired) electrons. The van der Waals surface area contributed by atoms with Crippen molar-refractivity contribution < 1.29 is 39.4 Å². The number of hydrogen-bond donors (Lipinski definition) is 2. The van der Waals surface area contributed by atoms with E-state index >= 15 is 0 Å². The molecular weight excluding hydrogens is 604 g/mol. The van der Waals surface area contributed by atoms with Crippen LogP contribution >= 0.6 is 0 Å². The van der Waals surface area contributed by atoms with Crippen molar-refractivity contribution in [1.29, 1.82) is 0 Å². The fourth-order valence-electron chi connectivity index (χ4n) is 4.09. The molecule has 1 aromatic rings. The summed E-state index contributed by atoms with van der Waals surface area (Å²) in [5, 5.41) is -0.0367. The molecule has 4 atom stereocenters. The first kappa shape index (κ1) is 33.7. The summed E-state index contributed by atoms with van der Waals surface area (Å²) >= 11 is 0. The molecule has 11 nitrogen and oxygen atoms in total. The largest absolute Gasteiger partial charge is 0.423 e. The molecule has 2 aliphatic heterocycles. The van der Waals surface area contributed by atoms with Gasteiger partial charge in [-0.1, -0.05) is 41.5 Å². The predicted molar refractivity (Wildman–Crippen MR) is 150 cm³/mol. The Balaban J connectivity index is 2.30. The van der Waals surface area contributed by atoms with E-state index < -0.39 is 78.8 Å². The molecule has 2 aliphatic rings. The number of hydrogen-bond acceptors (Lipinski definition) is 9. The fourth-order valence-corrected chi connectivity index (χ4v) is 7.60. The van der Waals surface area contributed by atoms with E-state index in [9.17, 15) is 31.2 Å². The standard InChI is InChI=1S/C24H40F3N3O8SSi2/c1-21(2,3)40(7,8)35-12-16-23(15(28)13-39(33,34)38-23)17(37-41(9,10)22(4,5)6)19(36-16)30-11-14(24(25,26)27)18(31)29-20(30)32/h11,13,16-17,19H,12,28H2,1-10H3,(H,29,31,32)/t16-,17+,19-,23?/m1/s1. The zero-order chi connectivity index (χ0) is 31.8. The van der Waals surface area contributed by atoms with Gasteiger partial charge in [0.15, 0.2) is 28.5 Å². The number of H-pyrrole nitrogens is 1. The molecule has 17 heteroatoms. The molecule has 3 rings (SSSR count). The maximum Gasteiger partial charge on any atom is 0.423 e. The molecule has 1 spiro atoms. The van der Waals surface area contributed by atoms with Crippen LogP contribution in [0.15, 0.2) is 26.9 Å². The third-order valence-corrected chi connectivity index (χ3v) is 18.6. The van der Waals surface area contributed by atoms with E-state index in [2.05, 4.69) is 0 Å². The highest BCUT2D eigenvalue weighted by Crippen LogP contribution is 2.52. The van der Waals surface area contributed by atoms with Crippen LogP contribution in [0.3, 0.4) is 0 Å². The molecule has 1 fully saturated rings. The van der Waals surface area contributed by atoms with Crippen molar-refractivity contribution >= 4 is 26.8 Å². The summed E-state index contributed by atoms with van der Waals surface area (Å²) in [6.45, 7) is 18.9. The van der Waals surface area contributed by atoms with Gasteiger partial charge in [0.25, 0.3) is 15.7 Å². The van der Waals surface area contributed by atoms with Crippen LogP contribution < -0.4 is 17.0 Å². The van der Waals surface area contributed by atoms with Gasteiger partial charge in [0, 0.05) is 6.20 Å². The number of alkyl halides is 3. The van der Waals surface area contributed by atoms with E-state index in [1.807, 2.05) is 67.7 Å². The number of rotatable bonds is 6. The Labute approximate surface area is 239 Å². The lowest BCUT2D eigenvalue weighted by atomic mass is 9.89. The Bertz CT molecular complexity index is 1440. The summed E-state index contributed by atoms with van der Waals surface area (Å²) in [5.74, 6) is 0. The van der Waals surface area contributed by atoms with Gasteiger partial charge in [0.05, 0.1) is 17.7 Å². The van der Waals surface area contributed by atoms with Gasteiger partial charge < -0.3 is 19.3 Å². The molecular formula is C24H40F3N3O8SSi2. The van der Waals surface area contributed by atoms with Gasteiger partial charge in [-0.15, -0.1) is 0 Å². The van der Waals surface area contributed by atoms with E-state index in [1.165, 1.54) is 0 Å². The zero-order valence-electron chi connectivity index (χ0n) is 24.9. The third-order valence-electron chi connectivity index (χ3n) is 8.62. The van der Waals surface area contributed by atoms with Gasteiger partial charge >= 0.3 is 11.9 Å². The number of ether oxygens (including phenoxy) is 1. The third kappa shape index (κ3) is 6.17. The Kier molecular flexibility index (Phi) is 8.36. The molecule has 1 saturated heterocycles. The second-order valence-corrected chi connectivity index (χ2v) is 24.5. The van der Waals surface area contributed by atoms with Crippen LogP contribution in [-0.4, -0.2) is 59.0 Å². The van der Waals surface area contributed by atoms with Crippen LogP contribution in [0.4, 0.5) is 13.2 Å². The summed E-state index contributed by atoms with van der Waals surface area (Å²) < 4.78 is 92.0. The number of halogens is 3. The second kappa shape index (κ2) is 10.2. The van der Waals surface area contributed by atoms with Crippen LogP contribution in [-0.2, 0) is 34.1 Å². The highest BCUT2D eigenvalue weighted by atomic mass is 32.2. The average Bonchev–Trinajstić information content (AvgIpc) is 3.16. The Morgan fingerprint density at radius 1 is 1.05 bits per heavy atom. The maximum absolute atomic E-state index is 13.7. The number of nitrogens with two attached hydrogens (primary N) is 1. The van der Waals surface area contributed by atoms with Crippen molar-refractivity contribution in [1.82, 2.24) is 9.55 Å². The highest BCUT2D eigenvalue weighted by Gasteiger charge is 2.67. The van der Waals surface area contributed by atoms with Gasteiger partial charge in [0.2, 0.25) is 0 Å². The van der Waals surface area contributed by atoms with Gasteiger partial charge in [-0.05, 0) is 36.3 Å². The van der Waals surface area contributed by atoms with Gasteiger partial charge in [-0.25, -0.2) is 8.98 Å². The number of nitrogens with zero attached hydrogens (tertiary/aromatic N) is 1. The van der Waals surface area contributed by atoms with Crippen LogP contribution in [0.5, 0.6) is 0 Å². The molecule has 234 valence electrons. The Morgan fingerprint density at radius 2 is 1.59 bits per heavy atom. The quantitative estimate of drug-likeness (QED) is 0.349. The van der Waals surface area contributed by atoms with Crippen molar-refractivity contribution in [3.63, 3.8) is 0 Å². The van der Waals surface area contributed by atoms with Crippen molar-refractivity contribution in [2.75, 3.05) is 6.61 Å². The first-order valence-electron chi connectivity index (χ1n) is 13.0. The molecule has 0 amide bonds. The summed E-state index contributed by atoms with van der Waals surface area (Å²) in [6, 6.07) is 0. The number of nitrogens with one attached hydrogen (secondary N) is 1. The number of aromatic amines is 1. The second-order valence-electron chi connectivity index (χ2n) is 13.5. The molecule has 3 N–H and O–H groups in total. The predicted octanol–water partition coefficient (Wildman–Crippen LogP) is 3.76. The first-order chi connectivity index (χ1) is 18.2. The Hall–Kier alpha value is -1.77. The van der Waals surface area contributed by atoms with Crippen LogP contribution in [0, 0.1) is 0 Å². The molecule has 0 aromatic carbocycles. The molecule has 41 heavy (non-hydrogen) atoms. The van der Waals surface area contributed by atoms with Gasteiger partial charge in [-0.2, -0.15) is 21.6 Å². The maximum atomic E-state index is 13.7. The summed E-state index contributed by atoms with van der Waals surface area (Å²) in [5.41, 5.74) is -0.552. The molecule has 1 aromatic heterocycles. The summed E-state index contributed by atoms with van der Waals surface area (Å²) in [7, 11) is -9.76. The fraction of sp³-hybridized carbons (Fsp3) is 0.750. The van der Waals surface area contributed by atoms with Crippen LogP contribution in [0.25, 0.3) is 0 Å². The lowest BCUT2D eigenvalue weighted by Gasteiger charge is -2.43. The van der Waals surface area contributed by atoms with Crippen molar-refractivity contribution in [3.8, 4) is 0 Å². The highest BCUT2D eigenvalue weighted by molar-refractivity contribution is 7.90. The van der Waals surface area contributed by atoms with Crippen LogP contribution in [0.1, 0.15) is 53.3 Å². The minimum Gasteiger partial charge on any atom is -0.414 e. The van der Waals surface area contributed by atoms with E-state index in [4.69, 9.17) is 23.5 Å². The van der Waals surface area contributed by atoms with E-state index in [0.717, 1.165) is 0 Å². The topological polar surface area (TPSA) is 152 Å². The number of aromatic nitrogens is 2. The zero-order valence-corrected chi connectivity index (χ0v) is 27.7. The Morgan fingerprint density at radius 3 is 2.02 bits per heavy atom. The average molecular weight is 644 g/mol. The minimum atomic E-state index is -5.11. The molecule has 3 heterocycles. The van der Waals surface area contributed by atoms with E-state index in [0.29, 0.717) is 16.2 Å². The summed E-state index contributed by atoms with van der Waals surface area (Å²) in [4.78, 5) is 26.7. The lowest BCUT2D eigenvalue weighted by molar-refractivity contribution is -0.140. The first-order valence-corrected chi connectivity index (χ1v) is 20.3. The normalized spacial score (nSPS) is 27.4. The smallest absolute Gasteiger partial charge is 0.414 e. The molecule has 0 aliphatic carbocycles. The summed E-state index contributed by atoms with van der Waals surface area (Å²) in [6.07, 6.45) is -9.29. The molecule has 1 unspecified atom stereocenters. The van der Waals surface area contributed by atoms with Crippen molar-refractivity contribution in [2.24, 2.45) is 5.73 Å². The SMILES string of the molecule is CC(C)(C)[Si](C)(C)OC[C@H]1O[C@@H](n2cc(C(F)(F)F)c(=O)[nH]c2=O)[C@H](O[Si](C)(C)C(C)(C)C)C12OS(=O)(=O)C=C2N. The van der Waals surface area contributed by atoms with Crippen molar-refractivity contribution in [3.05, 3.63) is 43.7 Å². The van der Waals surface area contributed by atoms with Crippen LogP contribution in [0.2, 0.25) is 36.3 Å². The van der Waals surface area contributed by atoms with E-state index in [1.54, 1.807) is 4.98 Å².